The van der Waals surface area contributed by atoms with E-state index < -0.39 is 0 Å². The van der Waals surface area contributed by atoms with Crippen LogP contribution < -0.4 is 0 Å². The van der Waals surface area contributed by atoms with Gasteiger partial charge in [-0.3, -0.25) is 4.79 Å². The fraction of sp³-hybridized carbons (Fsp3) is 0.133. The molecule has 0 N–H and O–H groups in total. The van der Waals surface area contributed by atoms with Crippen LogP contribution in [-0.4, -0.2) is 5.78 Å². The van der Waals surface area contributed by atoms with E-state index in [1.54, 1.807) is 18.7 Å². The van der Waals surface area contributed by atoms with E-state index in [9.17, 15) is 4.79 Å². The summed E-state index contributed by atoms with van der Waals surface area (Å²) in [6, 6.07) is 13.5. The zero-order chi connectivity index (χ0) is 13.8. The van der Waals surface area contributed by atoms with Gasteiger partial charge in [0.2, 0.25) is 0 Å². The molecule has 4 heteroatoms. The maximum Gasteiger partial charge on any atom is 0.160 e. The lowest BCUT2D eigenvalue weighted by Gasteiger charge is -2.07. The van der Waals surface area contributed by atoms with Crippen molar-refractivity contribution in [3.63, 3.8) is 0 Å². The molecule has 19 heavy (non-hydrogen) atoms. The summed E-state index contributed by atoms with van der Waals surface area (Å²) in [6.45, 7) is 1.59. The number of hydrogen-bond donors (Lipinski definition) is 0. The minimum absolute atomic E-state index is 0.0890. The third-order valence-electron chi connectivity index (χ3n) is 2.63. The summed E-state index contributed by atoms with van der Waals surface area (Å²) < 4.78 is 0.983. The van der Waals surface area contributed by atoms with Crippen molar-refractivity contribution in [2.75, 3.05) is 0 Å². The molecule has 0 radical (unpaired) electrons. The predicted octanol–water partition coefficient (Wildman–Crippen LogP) is 5.60. The minimum atomic E-state index is 0.0890. The molecule has 98 valence electrons. The molecule has 0 fully saturated rings. The van der Waals surface area contributed by atoms with Gasteiger partial charge >= 0.3 is 0 Å². The van der Waals surface area contributed by atoms with Gasteiger partial charge in [-0.05, 0) is 42.8 Å². The number of carbonyl (C=O) groups excluding carboxylic acids is 1. The standard InChI is InChI=1S/C15H12BrClOS/c1-10(18)14-7-4-12(16)8-15(14)19-9-11-2-5-13(17)6-3-11/h2-8H,9H2,1H3. The summed E-state index contributed by atoms with van der Waals surface area (Å²) in [4.78, 5) is 12.6. The van der Waals surface area contributed by atoms with Crippen LogP contribution >= 0.6 is 39.3 Å². The van der Waals surface area contributed by atoms with Crippen molar-refractivity contribution >= 4 is 45.1 Å². The van der Waals surface area contributed by atoms with Crippen LogP contribution in [0, 0.1) is 0 Å². The maximum atomic E-state index is 11.6. The minimum Gasteiger partial charge on any atom is -0.294 e. The van der Waals surface area contributed by atoms with E-state index in [0.717, 1.165) is 25.7 Å². The molecule has 0 aliphatic rings. The Hall–Kier alpha value is -0.770. The van der Waals surface area contributed by atoms with Crippen molar-refractivity contribution in [3.05, 3.63) is 63.1 Å². The van der Waals surface area contributed by atoms with Gasteiger partial charge in [-0.15, -0.1) is 11.8 Å². The molecule has 0 atom stereocenters. The monoisotopic (exact) mass is 354 g/mol. The molecular weight excluding hydrogens is 344 g/mol. The number of rotatable bonds is 4. The SMILES string of the molecule is CC(=O)c1ccc(Br)cc1SCc1ccc(Cl)cc1. The highest BCUT2D eigenvalue weighted by molar-refractivity contribution is 9.10. The van der Waals surface area contributed by atoms with Crippen molar-refractivity contribution in [2.45, 2.75) is 17.6 Å². The van der Waals surface area contributed by atoms with E-state index in [0.29, 0.717) is 0 Å². The maximum absolute atomic E-state index is 11.6. The first-order valence-electron chi connectivity index (χ1n) is 5.74. The van der Waals surface area contributed by atoms with E-state index >= 15 is 0 Å². The van der Waals surface area contributed by atoms with Crippen LogP contribution in [0.5, 0.6) is 0 Å². The fourth-order valence-electron chi connectivity index (χ4n) is 1.65. The number of hydrogen-bond acceptors (Lipinski definition) is 2. The number of Topliss-reactive ketones (excluding diaryl/α,β-unsaturated/α-hetero) is 1. The van der Waals surface area contributed by atoms with Crippen molar-refractivity contribution in [2.24, 2.45) is 0 Å². The second kappa shape index (κ2) is 6.60. The fourth-order valence-corrected chi connectivity index (χ4v) is 3.38. The van der Waals surface area contributed by atoms with Crippen LogP contribution in [0.1, 0.15) is 22.8 Å². The largest absolute Gasteiger partial charge is 0.294 e. The highest BCUT2D eigenvalue weighted by Crippen LogP contribution is 2.29. The Morgan fingerprint density at radius 1 is 1.21 bits per heavy atom. The molecule has 0 saturated carbocycles. The summed E-state index contributed by atoms with van der Waals surface area (Å²) in [5.74, 6) is 0.902. The van der Waals surface area contributed by atoms with Gasteiger partial charge in [0.15, 0.2) is 5.78 Å². The lowest BCUT2D eigenvalue weighted by Crippen LogP contribution is -1.95. The highest BCUT2D eigenvalue weighted by atomic mass is 79.9. The molecule has 2 rings (SSSR count). The molecule has 0 aliphatic heterocycles. The molecule has 0 amide bonds. The third-order valence-corrected chi connectivity index (χ3v) is 4.50. The number of benzene rings is 2. The smallest absolute Gasteiger partial charge is 0.160 e. The zero-order valence-corrected chi connectivity index (χ0v) is 13.5. The lowest BCUT2D eigenvalue weighted by molar-refractivity contribution is 0.101. The highest BCUT2D eigenvalue weighted by Gasteiger charge is 2.08. The van der Waals surface area contributed by atoms with Crippen molar-refractivity contribution < 1.29 is 4.79 Å². The Kier molecular flexibility index (Phi) is 5.08. The van der Waals surface area contributed by atoms with Crippen LogP contribution in [0.15, 0.2) is 51.8 Å². The van der Waals surface area contributed by atoms with Crippen LogP contribution in [0.4, 0.5) is 0 Å². The summed E-state index contributed by atoms with van der Waals surface area (Å²) >= 11 is 11.0. The normalized spacial score (nSPS) is 10.5. The van der Waals surface area contributed by atoms with Crippen molar-refractivity contribution in [1.29, 1.82) is 0 Å². The Morgan fingerprint density at radius 3 is 2.53 bits per heavy atom. The molecule has 0 aliphatic carbocycles. The van der Waals surface area contributed by atoms with Gasteiger partial charge in [-0.1, -0.05) is 39.7 Å². The molecule has 2 aromatic carbocycles. The summed E-state index contributed by atoms with van der Waals surface area (Å²) in [5.41, 5.74) is 1.95. The van der Waals surface area contributed by atoms with Crippen LogP contribution in [0.3, 0.4) is 0 Å². The average molecular weight is 356 g/mol. The first-order chi connectivity index (χ1) is 9.06. The first-order valence-corrected chi connectivity index (χ1v) is 7.89. The molecule has 0 saturated heterocycles. The van der Waals surface area contributed by atoms with Gasteiger partial charge in [-0.2, -0.15) is 0 Å². The van der Waals surface area contributed by atoms with Gasteiger partial charge in [-0.25, -0.2) is 0 Å². The number of carbonyl (C=O) groups is 1. The number of thioether (sulfide) groups is 1. The van der Waals surface area contributed by atoms with E-state index in [4.69, 9.17) is 11.6 Å². The molecule has 0 aromatic heterocycles. The quantitative estimate of drug-likeness (QED) is 0.524. The summed E-state index contributed by atoms with van der Waals surface area (Å²) in [5, 5.41) is 0.737. The van der Waals surface area contributed by atoms with E-state index in [-0.39, 0.29) is 5.78 Å². The molecule has 0 bridgehead atoms. The van der Waals surface area contributed by atoms with Gasteiger partial charge in [0.1, 0.15) is 0 Å². The number of ketones is 1. The zero-order valence-electron chi connectivity index (χ0n) is 10.3. The molecule has 2 aromatic rings. The van der Waals surface area contributed by atoms with Crippen LogP contribution in [0.25, 0.3) is 0 Å². The number of halogens is 2. The molecular formula is C15H12BrClOS. The topological polar surface area (TPSA) is 17.1 Å². The van der Waals surface area contributed by atoms with E-state index in [1.807, 2.05) is 42.5 Å². The van der Waals surface area contributed by atoms with Crippen LogP contribution in [-0.2, 0) is 5.75 Å². The molecule has 1 nitrogen and oxygen atoms in total. The van der Waals surface area contributed by atoms with E-state index in [2.05, 4.69) is 15.9 Å². The van der Waals surface area contributed by atoms with E-state index in [1.165, 1.54) is 5.56 Å². The predicted molar refractivity (Wildman–Crippen MR) is 85.2 cm³/mol. The Bertz CT molecular complexity index is 596. The van der Waals surface area contributed by atoms with Crippen molar-refractivity contribution in [1.82, 2.24) is 0 Å². The Balaban J connectivity index is 2.16. The van der Waals surface area contributed by atoms with Gasteiger partial charge < -0.3 is 0 Å². The summed E-state index contributed by atoms with van der Waals surface area (Å²) in [6.07, 6.45) is 0. The molecule has 0 spiro atoms. The van der Waals surface area contributed by atoms with Crippen LogP contribution in [0.2, 0.25) is 5.02 Å². The second-order valence-electron chi connectivity index (χ2n) is 4.11. The Morgan fingerprint density at radius 2 is 1.89 bits per heavy atom. The average Bonchev–Trinajstić information content (AvgIpc) is 2.38. The molecule has 0 heterocycles. The third kappa shape index (κ3) is 4.10. The van der Waals surface area contributed by atoms with Gasteiger partial charge in [0, 0.05) is 25.7 Å². The summed E-state index contributed by atoms with van der Waals surface area (Å²) in [7, 11) is 0. The Labute approximate surface area is 130 Å². The lowest BCUT2D eigenvalue weighted by atomic mass is 10.1. The van der Waals surface area contributed by atoms with Gasteiger partial charge in [0.25, 0.3) is 0 Å². The molecule has 0 unspecified atom stereocenters. The first kappa shape index (κ1) is 14.6. The van der Waals surface area contributed by atoms with Crippen molar-refractivity contribution in [3.8, 4) is 0 Å². The second-order valence-corrected chi connectivity index (χ2v) is 6.48. The van der Waals surface area contributed by atoms with Gasteiger partial charge in [0.05, 0.1) is 0 Å².